The molecule has 1 fully saturated rings. The molecule has 1 N–H and O–H groups in total. The van der Waals surface area contributed by atoms with Crippen LogP contribution in [0.4, 0.5) is 0 Å². The van der Waals surface area contributed by atoms with Gasteiger partial charge in [-0.05, 0) is 25.3 Å². The summed E-state index contributed by atoms with van der Waals surface area (Å²) in [5.41, 5.74) is 1.22. The number of nitrogens with one attached hydrogen (secondary N) is 1. The Kier molecular flexibility index (Phi) is 3.62. The Morgan fingerprint density at radius 1 is 1.26 bits per heavy atom. The predicted octanol–water partition coefficient (Wildman–Crippen LogP) is 2.12. The first-order chi connectivity index (χ1) is 9.33. The average molecular weight is 263 g/mol. The van der Waals surface area contributed by atoms with Crippen molar-refractivity contribution in [1.29, 1.82) is 0 Å². The zero-order valence-electron chi connectivity index (χ0n) is 11.4. The molecule has 1 aromatic rings. The zero-order valence-corrected chi connectivity index (χ0v) is 11.4. The van der Waals surface area contributed by atoms with Crippen LogP contribution in [0.15, 0.2) is 18.2 Å². The first-order valence-electron chi connectivity index (χ1n) is 6.96. The number of para-hydroxylation sites is 1. The van der Waals surface area contributed by atoms with Crippen LogP contribution < -0.4 is 14.8 Å². The molecule has 0 spiro atoms. The van der Waals surface area contributed by atoms with Crippen molar-refractivity contribution < 1.29 is 14.2 Å². The highest BCUT2D eigenvalue weighted by atomic mass is 16.6. The van der Waals surface area contributed by atoms with Crippen LogP contribution in [0.1, 0.15) is 24.8 Å². The lowest BCUT2D eigenvalue weighted by atomic mass is 9.80. The number of ether oxygens (including phenoxy) is 3. The SMILES string of the molecule is COC1(CNCc2cccc3c2OCCO3)CCC1. The lowest BCUT2D eigenvalue weighted by molar-refractivity contribution is -0.0695. The fourth-order valence-electron chi connectivity index (χ4n) is 2.72. The first-order valence-corrected chi connectivity index (χ1v) is 6.96. The fraction of sp³-hybridized carbons (Fsp3) is 0.600. The van der Waals surface area contributed by atoms with Gasteiger partial charge in [-0.15, -0.1) is 0 Å². The minimum Gasteiger partial charge on any atom is -0.486 e. The molecule has 0 saturated heterocycles. The van der Waals surface area contributed by atoms with Crippen LogP contribution in [0.2, 0.25) is 0 Å². The molecule has 0 radical (unpaired) electrons. The van der Waals surface area contributed by atoms with E-state index in [0.717, 1.165) is 43.0 Å². The molecule has 0 bridgehead atoms. The van der Waals surface area contributed by atoms with Gasteiger partial charge in [0.2, 0.25) is 0 Å². The van der Waals surface area contributed by atoms with E-state index in [1.54, 1.807) is 0 Å². The minimum atomic E-state index is 0.0617. The van der Waals surface area contributed by atoms with E-state index in [4.69, 9.17) is 14.2 Å². The van der Waals surface area contributed by atoms with E-state index in [2.05, 4.69) is 11.4 Å². The van der Waals surface area contributed by atoms with Gasteiger partial charge in [0.15, 0.2) is 11.5 Å². The van der Waals surface area contributed by atoms with Gasteiger partial charge < -0.3 is 19.5 Å². The molecule has 4 nitrogen and oxygen atoms in total. The van der Waals surface area contributed by atoms with Gasteiger partial charge in [0.05, 0.1) is 5.60 Å². The first kappa shape index (κ1) is 12.8. The Balaban J connectivity index is 1.61. The largest absolute Gasteiger partial charge is 0.486 e. The zero-order chi connectivity index (χ0) is 13.1. The molecular weight excluding hydrogens is 242 g/mol. The second kappa shape index (κ2) is 5.39. The van der Waals surface area contributed by atoms with Crippen LogP contribution in [0.25, 0.3) is 0 Å². The van der Waals surface area contributed by atoms with E-state index in [1.165, 1.54) is 6.42 Å². The third-order valence-corrected chi connectivity index (χ3v) is 4.11. The van der Waals surface area contributed by atoms with E-state index in [1.807, 2.05) is 19.2 Å². The van der Waals surface area contributed by atoms with Crippen molar-refractivity contribution in [3.63, 3.8) is 0 Å². The highest BCUT2D eigenvalue weighted by Gasteiger charge is 2.36. The fourth-order valence-corrected chi connectivity index (χ4v) is 2.72. The molecule has 104 valence electrons. The Bertz CT molecular complexity index is 438. The van der Waals surface area contributed by atoms with Crippen LogP contribution in [0.3, 0.4) is 0 Å². The molecule has 1 aliphatic carbocycles. The van der Waals surface area contributed by atoms with Crippen molar-refractivity contribution in [2.45, 2.75) is 31.4 Å². The van der Waals surface area contributed by atoms with Crippen LogP contribution in [-0.4, -0.2) is 32.5 Å². The summed E-state index contributed by atoms with van der Waals surface area (Å²) in [6, 6.07) is 6.06. The Morgan fingerprint density at radius 2 is 2.11 bits per heavy atom. The summed E-state index contributed by atoms with van der Waals surface area (Å²) >= 11 is 0. The summed E-state index contributed by atoms with van der Waals surface area (Å²) in [5, 5.41) is 3.48. The summed E-state index contributed by atoms with van der Waals surface area (Å²) in [6.07, 6.45) is 3.58. The second-order valence-electron chi connectivity index (χ2n) is 5.29. The Labute approximate surface area is 114 Å². The molecule has 0 atom stereocenters. The molecule has 1 aliphatic heterocycles. The van der Waals surface area contributed by atoms with E-state index in [0.29, 0.717) is 13.2 Å². The summed E-state index contributed by atoms with van der Waals surface area (Å²) in [7, 11) is 1.81. The normalized spacial score (nSPS) is 19.8. The van der Waals surface area contributed by atoms with Crippen molar-refractivity contribution in [3.8, 4) is 11.5 Å². The summed E-state index contributed by atoms with van der Waals surface area (Å²) in [5.74, 6) is 1.75. The second-order valence-corrected chi connectivity index (χ2v) is 5.29. The average Bonchev–Trinajstić information content (AvgIpc) is 2.42. The van der Waals surface area contributed by atoms with Gasteiger partial charge in [0.25, 0.3) is 0 Å². The van der Waals surface area contributed by atoms with Gasteiger partial charge in [0, 0.05) is 25.8 Å². The third kappa shape index (κ3) is 2.55. The minimum absolute atomic E-state index is 0.0617. The van der Waals surface area contributed by atoms with E-state index in [9.17, 15) is 0 Å². The molecule has 3 rings (SSSR count). The molecule has 0 aromatic heterocycles. The van der Waals surface area contributed by atoms with Crippen molar-refractivity contribution in [2.75, 3.05) is 26.9 Å². The van der Waals surface area contributed by atoms with Crippen molar-refractivity contribution >= 4 is 0 Å². The number of hydrogen-bond acceptors (Lipinski definition) is 4. The molecule has 1 saturated carbocycles. The van der Waals surface area contributed by atoms with Crippen molar-refractivity contribution in [1.82, 2.24) is 5.32 Å². The maximum atomic E-state index is 5.71. The predicted molar refractivity (Wildman–Crippen MR) is 72.7 cm³/mol. The molecular formula is C15H21NO3. The van der Waals surface area contributed by atoms with Crippen LogP contribution in [0, 0.1) is 0 Å². The summed E-state index contributed by atoms with van der Waals surface area (Å²) < 4.78 is 16.9. The van der Waals surface area contributed by atoms with Crippen molar-refractivity contribution in [2.24, 2.45) is 0 Å². The number of rotatable bonds is 5. The van der Waals surface area contributed by atoms with E-state index >= 15 is 0 Å². The molecule has 19 heavy (non-hydrogen) atoms. The number of methoxy groups -OCH3 is 1. The number of fused-ring (bicyclic) bond motifs is 1. The smallest absolute Gasteiger partial charge is 0.165 e. The monoisotopic (exact) mass is 263 g/mol. The molecule has 2 aliphatic rings. The maximum absolute atomic E-state index is 5.71. The molecule has 1 heterocycles. The van der Waals surface area contributed by atoms with Gasteiger partial charge in [0.1, 0.15) is 13.2 Å². The maximum Gasteiger partial charge on any atom is 0.165 e. The van der Waals surface area contributed by atoms with Gasteiger partial charge in [-0.3, -0.25) is 0 Å². The van der Waals surface area contributed by atoms with Crippen LogP contribution >= 0.6 is 0 Å². The lowest BCUT2D eigenvalue weighted by Crippen LogP contribution is -2.47. The Hall–Kier alpha value is -1.26. The van der Waals surface area contributed by atoms with Gasteiger partial charge >= 0.3 is 0 Å². The van der Waals surface area contributed by atoms with E-state index in [-0.39, 0.29) is 5.60 Å². The quantitative estimate of drug-likeness (QED) is 0.883. The van der Waals surface area contributed by atoms with Crippen LogP contribution in [0.5, 0.6) is 11.5 Å². The molecule has 4 heteroatoms. The molecule has 1 aromatic carbocycles. The van der Waals surface area contributed by atoms with Crippen LogP contribution in [-0.2, 0) is 11.3 Å². The van der Waals surface area contributed by atoms with E-state index < -0.39 is 0 Å². The van der Waals surface area contributed by atoms with Gasteiger partial charge in [-0.1, -0.05) is 12.1 Å². The molecule has 0 unspecified atom stereocenters. The van der Waals surface area contributed by atoms with Gasteiger partial charge in [-0.25, -0.2) is 0 Å². The Morgan fingerprint density at radius 3 is 2.84 bits per heavy atom. The van der Waals surface area contributed by atoms with Crippen molar-refractivity contribution in [3.05, 3.63) is 23.8 Å². The number of hydrogen-bond donors (Lipinski definition) is 1. The summed E-state index contributed by atoms with van der Waals surface area (Å²) in [6.45, 7) is 2.95. The topological polar surface area (TPSA) is 39.7 Å². The lowest BCUT2D eigenvalue weighted by Gasteiger charge is -2.40. The highest BCUT2D eigenvalue weighted by Crippen LogP contribution is 2.35. The van der Waals surface area contributed by atoms with Gasteiger partial charge in [-0.2, -0.15) is 0 Å². The molecule has 0 amide bonds. The standard InChI is InChI=1S/C15H21NO3/c1-17-15(6-3-7-15)11-16-10-12-4-2-5-13-14(12)19-9-8-18-13/h2,4-5,16H,3,6-11H2,1H3. The summed E-state index contributed by atoms with van der Waals surface area (Å²) in [4.78, 5) is 0. The number of benzene rings is 1. The highest BCUT2D eigenvalue weighted by molar-refractivity contribution is 5.47. The third-order valence-electron chi connectivity index (χ3n) is 4.11.